The second kappa shape index (κ2) is 9.84. The normalized spacial score (nSPS) is 11.5. The van der Waals surface area contributed by atoms with Crippen LogP contribution in [0, 0.1) is 6.92 Å². The van der Waals surface area contributed by atoms with Crippen molar-refractivity contribution >= 4 is 10.9 Å². The molecule has 0 amide bonds. The van der Waals surface area contributed by atoms with Crippen LogP contribution in [0.5, 0.6) is 0 Å². The molecule has 0 saturated carbocycles. The first-order valence-electron chi connectivity index (χ1n) is 10.8. The van der Waals surface area contributed by atoms with Crippen molar-refractivity contribution in [2.45, 2.75) is 53.4 Å². The average Bonchev–Trinajstić information content (AvgIpc) is 2.72. The van der Waals surface area contributed by atoms with E-state index in [1.807, 2.05) is 6.20 Å². The Morgan fingerprint density at radius 1 is 0.857 bits per heavy atom. The Hall–Kier alpha value is -2.19. The highest BCUT2D eigenvalue weighted by Crippen LogP contribution is 2.26. The van der Waals surface area contributed by atoms with Gasteiger partial charge in [0.1, 0.15) is 0 Å². The fourth-order valence-corrected chi connectivity index (χ4v) is 4.10. The van der Waals surface area contributed by atoms with Gasteiger partial charge < -0.3 is 4.90 Å². The number of fused-ring (bicyclic) bond motifs is 1. The van der Waals surface area contributed by atoms with Crippen molar-refractivity contribution in [2.75, 3.05) is 19.6 Å². The Morgan fingerprint density at radius 2 is 1.64 bits per heavy atom. The SMILES string of the molecule is CCc1cc2c(Cc3ccccc3C)ccnc2cc1CCCN(CC)CC. The summed E-state index contributed by atoms with van der Waals surface area (Å²) in [6.45, 7) is 12.4. The van der Waals surface area contributed by atoms with Gasteiger partial charge >= 0.3 is 0 Å². The molecule has 0 saturated heterocycles. The van der Waals surface area contributed by atoms with Crippen molar-refractivity contribution < 1.29 is 0 Å². The summed E-state index contributed by atoms with van der Waals surface area (Å²) in [5, 5.41) is 1.31. The maximum absolute atomic E-state index is 4.71. The molecule has 0 aliphatic heterocycles. The van der Waals surface area contributed by atoms with Gasteiger partial charge in [0.25, 0.3) is 0 Å². The Kier molecular flexibility index (Phi) is 7.22. The van der Waals surface area contributed by atoms with Crippen LogP contribution in [0.3, 0.4) is 0 Å². The zero-order chi connectivity index (χ0) is 19.9. The molecule has 0 unspecified atom stereocenters. The molecule has 0 radical (unpaired) electrons. The van der Waals surface area contributed by atoms with Gasteiger partial charge in [-0.1, -0.05) is 45.0 Å². The molecule has 0 aliphatic carbocycles. The monoisotopic (exact) mass is 374 g/mol. The zero-order valence-corrected chi connectivity index (χ0v) is 18.0. The summed E-state index contributed by atoms with van der Waals surface area (Å²) in [7, 11) is 0. The minimum Gasteiger partial charge on any atom is -0.304 e. The highest BCUT2D eigenvalue weighted by Gasteiger charge is 2.10. The van der Waals surface area contributed by atoms with Crippen LogP contribution in [-0.4, -0.2) is 29.5 Å². The molecule has 2 heteroatoms. The lowest BCUT2D eigenvalue weighted by Gasteiger charge is -2.18. The number of aromatic nitrogens is 1. The zero-order valence-electron chi connectivity index (χ0n) is 18.0. The number of hydrogen-bond acceptors (Lipinski definition) is 2. The van der Waals surface area contributed by atoms with E-state index in [4.69, 9.17) is 4.98 Å². The summed E-state index contributed by atoms with van der Waals surface area (Å²) in [6.07, 6.45) is 6.37. The number of benzene rings is 2. The summed E-state index contributed by atoms with van der Waals surface area (Å²) >= 11 is 0. The number of rotatable bonds is 9. The van der Waals surface area contributed by atoms with Gasteiger partial charge in [0.15, 0.2) is 0 Å². The predicted octanol–water partition coefficient (Wildman–Crippen LogP) is 5.97. The topological polar surface area (TPSA) is 16.1 Å². The molecule has 1 heterocycles. The average molecular weight is 375 g/mol. The molecule has 3 aromatic rings. The van der Waals surface area contributed by atoms with Crippen molar-refractivity contribution in [3.8, 4) is 0 Å². The summed E-state index contributed by atoms with van der Waals surface area (Å²) in [6, 6.07) is 15.6. The maximum Gasteiger partial charge on any atom is 0.0707 e. The van der Waals surface area contributed by atoms with Crippen LogP contribution in [0.15, 0.2) is 48.7 Å². The van der Waals surface area contributed by atoms with Gasteiger partial charge in [-0.2, -0.15) is 0 Å². The van der Waals surface area contributed by atoms with Crippen LogP contribution >= 0.6 is 0 Å². The van der Waals surface area contributed by atoms with Crippen LogP contribution in [-0.2, 0) is 19.3 Å². The third-order valence-electron chi connectivity index (χ3n) is 5.99. The van der Waals surface area contributed by atoms with Gasteiger partial charge in [-0.15, -0.1) is 0 Å². The fraction of sp³-hybridized carbons (Fsp3) is 0.423. The van der Waals surface area contributed by atoms with E-state index >= 15 is 0 Å². The van der Waals surface area contributed by atoms with Gasteiger partial charge in [-0.05, 0) is 98.3 Å². The second-order valence-corrected chi connectivity index (χ2v) is 7.70. The van der Waals surface area contributed by atoms with Crippen LogP contribution in [0.1, 0.15) is 55.0 Å². The minimum absolute atomic E-state index is 0.968. The summed E-state index contributed by atoms with van der Waals surface area (Å²) in [5.41, 5.74) is 8.23. The third kappa shape index (κ3) is 4.80. The van der Waals surface area contributed by atoms with Gasteiger partial charge in [-0.3, -0.25) is 4.98 Å². The molecule has 0 bridgehead atoms. The smallest absolute Gasteiger partial charge is 0.0707 e. The Labute approximate surface area is 170 Å². The number of aryl methyl sites for hydroxylation is 3. The van der Waals surface area contributed by atoms with Crippen molar-refractivity contribution in [3.05, 3.63) is 76.5 Å². The molecule has 0 N–H and O–H groups in total. The van der Waals surface area contributed by atoms with E-state index in [1.54, 1.807) is 0 Å². The lowest BCUT2D eigenvalue weighted by Crippen LogP contribution is -2.24. The van der Waals surface area contributed by atoms with Crippen LogP contribution in [0.2, 0.25) is 0 Å². The number of nitrogens with zero attached hydrogens (tertiary/aromatic N) is 2. The second-order valence-electron chi connectivity index (χ2n) is 7.70. The fourth-order valence-electron chi connectivity index (χ4n) is 4.10. The standard InChI is InChI=1S/C26H34N2/c1-5-21-18-25-24(17-22-12-9-8-11-20(22)4)14-15-27-26(25)19-23(21)13-10-16-28(6-2)7-3/h8-9,11-12,14-15,18-19H,5-7,10,13,16-17H2,1-4H3. The van der Waals surface area contributed by atoms with Gasteiger partial charge in [0, 0.05) is 11.6 Å². The lowest BCUT2D eigenvalue weighted by atomic mass is 9.93. The Morgan fingerprint density at radius 3 is 2.36 bits per heavy atom. The van der Waals surface area contributed by atoms with E-state index in [9.17, 15) is 0 Å². The van der Waals surface area contributed by atoms with Crippen LogP contribution in [0.25, 0.3) is 10.9 Å². The van der Waals surface area contributed by atoms with E-state index in [0.717, 1.165) is 37.9 Å². The molecule has 0 spiro atoms. The minimum atomic E-state index is 0.968. The molecular weight excluding hydrogens is 340 g/mol. The number of hydrogen-bond donors (Lipinski definition) is 0. The van der Waals surface area contributed by atoms with E-state index in [1.165, 1.54) is 46.2 Å². The lowest BCUT2D eigenvalue weighted by molar-refractivity contribution is 0.300. The molecule has 148 valence electrons. The molecule has 3 rings (SSSR count). The van der Waals surface area contributed by atoms with Crippen molar-refractivity contribution in [1.29, 1.82) is 0 Å². The third-order valence-corrected chi connectivity index (χ3v) is 5.99. The molecule has 2 aromatic carbocycles. The molecule has 0 aliphatic rings. The first-order chi connectivity index (χ1) is 13.7. The van der Waals surface area contributed by atoms with E-state index in [0.29, 0.717) is 0 Å². The number of pyridine rings is 1. The predicted molar refractivity (Wildman–Crippen MR) is 121 cm³/mol. The van der Waals surface area contributed by atoms with Gasteiger partial charge in [-0.25, -0.2) is 0 Å². The highest BCUT2D eigenvalue weighted by atomic mass is 15.1. The summed E-state index contributed by atoms with van der Waals surface area (Å²) in [5.74, 6) is 0. The van der Waals surface area contributed by atoms with Crippen molar-refractivity contribution in [1.82, 2.24) is 9.88 Å². The van der Waals surface area contributed by atoms with Crippen LogP contribution < -0.4 is 0 Å². The van der Waals surface area contributed by atoms with E-state index in [-0.39, 0.29) is 0 Å². The van der Waals surface area contributed by atoms with Gasteiger partial charge in [0.05, 0.1) is 5.52 Å². The highest BCUT2D eigenvalue weighted by molar-refractivity contribution is 5.84. The molecule has 1 aromatic heterocycles. The van der Waals surface area contributed by atoms with Gasteiger partial charge in [0.2, 0.25) is 0 Å². The molecule has 0 fully saturated rings. The molecule has 0 atom stereocenters. The molecule has 2 nitrogen and oxygen atoms in total. The van der Waals surface area contributed by atoms with Crippen LogP contribution in [0.4, 0.5) is 0 Å². The maximum atomic E-state index is 4.71. The summed E-state index contributed by atoms with van der Waals surface area (Å²) < 4.78 is 0. The first-order valence-corrected chi connectivity index (χ1v) is 10.8. The van der Waals surface area contributed by atoms with E-state index in [2.05, 4.69) is 75.1 Å². The first kappa shape index (κ1) is 20.5. The Bertz CT molecular complexity index is 909. The molecular formula is C26H34N2. The van der Waals surface area contributed by atoms with E-state index < -0.39 is 0 Å². The quantitative estimate of drug-likeness (QED) is 0.458. The summed E-state index contributed by atoms with van der Waals surface area (Å²) in [4.78, 5) is 7.21. The van der Waals surface area contributed by atoms with Crippen molar-refractivity contribution in [2.24, 2.45) is 0 Å². The largest absolute Gasteiger partial charge is 0.304 e. The van der Waals surface area contributed by atoms with Crippen molar-refractivity contribution in [3.63, 3.8) is 0 Å². The molecule has 28 heavy (non-hydrogen) atoms. The Balaban J connectivity index is 1.87.